The van der Waals surface area contributed by atoms with Gasteiger partial charge in [-0.15, -0.1) is 0 Å². The van der Waals surface area contributed by atoms with Crippen LogP contribution in [0.4, 0.5) is 0 Å². The molecule has 0 aliphatic carbocycles. The average molecular weight is 310 g/mol. The van der Waals surface area contributed by atoms with E-state index in [-0.39, 0.29) is 5.60 Å². The van der Waals surface area contributed by atoms with Gasteiger partial charge in [0.2, 0.25) is 10.0 Å². The van der Waals surface area contributed by atoms with Gasteiger partial charge >= 0.3 is 0 Å². The van der Waals surface area contributed by atoms with E-state index in [1.165, 1.54) is 10.6 Å². The van der Waals surface area contributed by atoms with E-state index in [1.54, 1.807) is 0 Å². The predicted octanol–water partition coefficient (Wildman–Crippen LogP) is 0.424. The van der Waals surface area contributed by atoms with Crippen molar-refractivity contribution in [3.8, 4) is 0 Å². The summed E-state index contributed by atoms with van der Waals surface area (Å²) < 4.78 is 29.6. The SMILES string of the molecule is CCN(CCCNCC(O)COC(C)(C)C)S(C)(=O)=O. The summed E-state index contributed by atoms with van der Waals surface area (Å²) in [5.41, 5.74) is -0.252. The Morgan fingerprint density at radius 1 is 1.35 bits per heavy atom. The van der Waals surface area contributed by atoms with Crippen LogP contribution < -0.4 is 5.32 Å². The Kier molecular flexibility index (Phi) is 8.85. The lowest BCUT2D eigenvalue weighted by atomic mass is 10.2. The zero-order chi connectivity index (χ0) is 15.8. The molecule has 0 bridgehead atoms. The van der Waals surface area contributed by atoms with Crippen LogP contribution in [-0.4, -0.2) is 68.6 Å². The Bertz CT molecular complexity index is 352. The molecular formula is C13H30N2O4S. The minimum Gasteiger partial charge on any atom is -0.389 e. The van der Waals surface area contributed by atoms with Gasteiger partial charge in [-0.25, -0.2) is 12.7 Å². The van der Waals surface area contributed by atoms with Crippen molar-refractivity contribution in [3.63, 3.8) is 0 Å². The number of hydrogen-bond acceptors (Lipinski definition) is 5. The van der Waals surface area contributed by atoms with Crippen LogP contribution in [0.1, 0.15) is 34.1 Å². The fourth-order valence-corrected chi connectivity index (χ4v) is 2.54. The Balaban J connectivity index is 3.71. The molecule has 0 aliphatic heterocycles. The minimum atomic E-state index is -3.11. The van der Waals surface area contributed by atoms with Gasteiger partial charge in [-0.05, 0) is 33.7 Å². The van der Waals surface area contributed by atoms with E-state index < -0.39 is 16.1 Å². The maximum Gasteiger partial charge on any atom is 0.211 e. The van der Waals surface area contributed by atoms with Crippen molar-refractivity contribution in [1.29, 1.82) is 0 Å². The molecule has 0 rings (SSSR count). The maximum atomic E-state index is 11.4. The molecule has 0 saturated heterocycles. The number of nitrogens with zero attached hydrogens (tertiary/aromatic N) is 1. The standard InChI is InChI=1S/C13H30N2O4S/c1-6-15(20(5,17)18)9-7-8-14-10-12(16)11-19-13(2,3)4/h12,14,16H,6-11H2,1-5H3. The molecule has 0 amide bonds. The summed E-state index contributed by atoms with van der Waals surface area (Å²) in [6, 6.07) is 0. The second-order valence-electron chi connectivity index (χ2n) is 5.89. The van der Waals surface area contributed by atoms with Crippen molar-refractivity contribution in [2.24, 2.45) is 0 Å². The highest BCUT2D eigenvalue weighted by atomic mass is 32.2. The first-order valence-electron chi connectivity index (χ1n) is 7.04. The van der Waals surface area contributed by atoms with E-state index in [0.717, 1.165) is 0 Å². The summed E-state index contributed by atoms with van der Waals surface area (Å²) in [7, 11) is -3.11. The molecule has 0 aromatic heterocycles. The first kappa shape index (κ1) is 19.8. The predicted molar refractivity (Wildman–Crippen MR) is 81.3 cm³/mol. The average Bonchev–Trinajstić information content (AvgIpc) is 2.28. The van der Waals surface area contributed by atoms with Crippen molar-refractivity contribution in [1.82, 2.24) is 9.62 Å². The van der Waals surface area contributed by atoms with Gasteiger partial charge in [-0.1, -0.05) is 6.92 Å². The molecule has 7 heteroatoms. The van der Waals surface area contributed by atoms with Gasteiger partial charge < -0.3 is 15.2 Å². The van der Waals surface area contributed by atoms with Crippen LogP contribution in [0.2, 0.25) is 0 Å². The van der Waals surface area contributed by atoms with Gasteiger partial charge in [0.25, 0.3) is 0 Å². The molecule has 0 aromatic carbocycles. The van der Waals surface area contributed by atoms with Crippen LogP contribution in [-0.2, 0) is 14.8 Å². The molecule has 0 saturated carbocycles. The van der Waals surface area contributed by atoms with Gasteiger partial charge in [0.1, 0.15) is 0 Å². The number of sulfonamides is 1. The van der Waals surface area contributed by atoms with Crippen LogP contribution in [0, 0.1) is 0 Å². The molecule has 0 spiro atoms. The lowest BCUT2D eigenvalue weighted by Crippen LogP contribution is -2.36. The van der Waals surface area contributed by atoms with E-state index in [9.17, 15) is 13.5 Å². The molecule has 0 aliphatic rings. The van der Waals surface area contributed by atoms with Gasteiger partial charge in [0.15, 0.2) is 0 Å². The molecule has 0 aromatic rings. The molecule has 0 heterocycles. The molecule has 1 atom stereocenters. The third-order valence-corrected chi connectivity index (χ3v) is 4.05. The van der Waals surface area contributed by atoms with Crippen LogP contribution in [0.3, 0.4) is 0 Å². The summed E-state index contributed by atoms with van der Waals surface area (Å²) >= 11 is 0. The van der Waals surface area contributed by atoms with Crippen LogP contribution in [0.25, 0.3) is 0 Å². The lowest BCUT2D eigenvalue weighted by molar-refractivity contribution is -0.0478. The van der Waals surface area contributed by atoms with Crippen molar-refractivity contribution in [2.45, 2.75) is 45.8 Å². The van der Waals surface area contributed by atoms with Crippen molar-refractivity contribution < 1.29 is 18.3 Å². The summed E-state index contributed by atoms with van der Waals surface area (Å²) in [6.07, 6.45) is 1.39. The molecule has 6 nitrogen and oxygen atoms in total. The largest absolute Gasteiger partial charge is 0.389 e. The topological polar surface area (TPSA) is 78.9 Å². The first-order valence-corrected chi connectivity index (χ1v) is 8.89. The third-order valence-electron chi connectivity index (χ3n) is 2.67. The number of aliphatic hydroxyl groups excluding tert-OH is 1. The molecule has 20 heavy (non-hydrogen) atoms. The van der Waals surface area contributed by atoms with E-state index >= 15 is 0 Å². The number of aliphatic hydroxyl groups is 1. The fraction of sp³-hybridized carbons (Fsp3) is 1.00. The molecule has 0 radical (unpaired) electrons. The summed E-state index contributed by atoms with van der Waals surface area (Å²) in [6.45, 7) is 10.0. The second-order valence-corrected chi connectivity index (χ2v) is 7.87. The van der Waals surface area contributed by atoms with Crippen LogP contribution in [0.15, 0.2) is 0 Å². The number of rotatable bonds is 10. The Hall–Kier alpha value is -0.210. The van der Waals surface area contributed by atoms with Gasteiger partial charge in [-0.2, -0.15) is 0 Å². The summed E-state index contributed by atoms with van der Waals surface area (Å²) in [5.74, 6) is 0. The smallest absolute Gasteiger partial charge is 0.211 e. The summed E-state index contributed by atoms with van der Waals surface area (Å²) in [4.78, 5) is 0. The normalized spacial score (nSPS) is 14.8. The monoisotopic (exact) mass is 310 g/mol. The number of hydrogen-bond donors (Lipinski definition) is 2. The van der Waals surface area contributed by atoms with Crippen LogP contribution in [0.5, 0.6) is 0 Å². The van der Waals surface area contributed by atoms with Gasteiger partial charge in [0.05, 0.1) is 24.6 Å². The zero-order valence-corrected chi connectivity index (χ0v) is 14.2. The Morgan fingerprint density at radius 2 is 1.95 bits per heavy atom. The fourth-order valence-electron chi connectivity index (χ4n) is 1.61. The van der Waals surface area contributed by atoms with E-state index in [4.69, 9.17) is 4.74 Å². The Morgan fingerprint density at radius 3 is 2.40 bits per heavy atom. The first-order chi connectivity index (χ1) is 9.06. The van der Waals surface area contributed by atoms with Crippen LogP contribution >= 0.6 is 0 Å². The zero-order valence-electron chi connectivity index (χ0n) is 13.3. The minimum absolute atomic E-state index is 0.252. The highest BCUT2D eigenvalue weighted by Gasteiger charge is 2.14. The molecule has 0 fully saturated rings. The molecule has 2 N–H and O–H groups in total. The van der Waals surface area contributed by atoms with E-state index in [0.29, 0.717) is 39.2 Å². The molecular weight excluding hydrogens is 280 g/mol. The summed E-state index contributed by atoms with van der Waals surface area (Å²) in [5, 5.41) is 12.8. The van der Waals surface area contributed by atoms with Gasteiger partial charge in [0, 0.05) is 19.6 Å². The highest BCUT2D eigenvalue weighted by Crippen LogP contribution is 2.06. The number of nitrogens with one attached hydrogen (secondary N) is 1. The lowest BCUT2D eigenvalue weighted by Gasteiger charge is -2.22. The van der Waals surface area contributed by atoms with Crippen molar-refractivity contribution >= 4 is 10.0 Å². The number of ether oxygens (including phenoxy) is 1. The molecule has 1 unspecified atom stereocenters. The second kappa shape index (κ2) is 8.94. The third kappa shape index (κ3) is 10.6. The van der Waals surface area contributed by atoms with E-state index in [2.05, 4.69) is 5.32 Å². The van der Waals surface area contributed by atoms with Crippen molar-refractivity contribution in [2.75, 3.05) is 39.0 Å². The van der Waals surface area contributed by atoms with Crippen molar-refractivity contribution in [3.05, 3.63) is 0 Å². The molecule has 122 valence electrons. The van der Waals surface area contributed by atoms with Gasteiger partial charge in [-0.3, -0.25) is 0 Å². The van der Waals surface area contributed by atoms with E-state index in [1.807, 2.05) is 27.7 Å². The maximum absolute atomic E-state index is 11.4. The Labute approximate surface area is 123 Å². The highest BCUT2D eigenvalue weighted by molar-refractivity contribution is 7.88. The quantitative estimate of drug-likeness (QED) is 0.572.